The van der Waals surface area contributed by atoms with E-state index < -0.39 is 0 Å². The Morgan fingerprint density at radius 1 is 1.24 bits per heavy atom. The lowest BCUT2D eigenvalue weighted by molar-refractivity contribution is -0.132. The Hall–Kier alpha value is -1.66. The van der Waals surface area contributed by atoms with Crippen LogP contribution in [0, 0.1) is 0 Å². The molecule has 0 radical (unpaired) electrons. The third-order valence-corrected chi connectivity index (χ3v) is 4.16. The third-order valence-electron chi connectivity index (χ3n) is 3.63. The summed E-state index contributed by atoms with van der Waals surface area (Å²) in [5, 5.41) is 3.25. The number of carbonyl (C=O) groups excluding carboxylic acids is 1. The Labute approximate surface area is 132 Å². The average molecular weight is 349 g/mol. The molecule has 0 saturated carbocycles. The number of carbonyl (C=O) groups is 1. The molecule has 110 valence electrons. The first-order valence-electron chi connectivity index (χ1n) is 6.98. The van der Waals surface area contributed by atoms with Crippen molar-refractivity contribution in [3.63, 3.8) is 0 Å². The van der Waals surface area contributed by atoms with E-state index in [9.17, 15) is 4.79 Å². The highest BCUT2D eigenvalue weighted by molar-refractivity contribution is 9.10. The van der Waals surface area contributed by atoms with Crippen molar-refractivity contribution in [2.45, 2.75) is 6.54 Å². The number of benzene rings is 1. The van der Waals surface area contributed by atoms with E-state index in [-0.39, 0.29) is 5.91 Å². The molecule has 0 atom stereocenters. The quantitative estimate of drug-likeness (QED) is 0.919. The summed E-state index contributed by atoms with van der Waals surface area (Å²) < 4.78 is 2.95. The lowest BCUT2D eigenvalue weighted by atomic mass is 10.2. The zero-order valence-electron chi connectivity index (χ0n) is 11.6. The molecule has 1 aromatic heterocycles. The summed E-state index contributed by atoms with van der Waals surface area (Å²) in [6, 6.07) is 8.02. The molecule has 1 saturated heterocycles. The van der Waals surface area contributed by atoms with Gasteiger partial charge in [0.05, 0.1) is 18.2 Å². The molecule has 6 heteroatoms. The van der Waals surface area contributed by atoms with Crippen LogP contribution in [0.25, 0.3) is 11.3 Å². The van der Waals surface area contributed by atoms with E-state index >= 15 is 0 Å². The van der Waals surface area contributed by atoms with Crippen molar-refractivity contribution < 1.29 is 4.79 Å². The van der Waals surface area contributed by atoms with E-state index in [4.69, 9.17) is 0 Å². The van der Waals surface area contributed by atoms with Crippen molar-refractivity contribution in [2.75, 3.05) is 26.2 Å². The maximum Gasteiger partial charge on any atom is 0.242 e. The summed E-state index contributed by atoms with van der Waals surface area (Å²) in [5.41, 5.74) is 2.02. The number of imidazole rings is 1. The van der Waals surface area contributed by atoms with Crippen LogP contribution in [0.3, 0.4) is 0 Å². The molecule has 3 rings (SSSR count). The van der Waals surface area contributed by atoms with Gasteiger partial charge in [0.15, 0.2) is 0 Å². The van der Waals surface area contributed by atoms with Gasteiger partial charge in [-0.2, -0.15) is 0 Å². The van der Waals surface area contributed by atoms with E-state index in [1.54, 1.807) is 12.5 Å². The van der Waals surface area contributed by atoms with E-state index in [1.807, 2.05) is 33.7 Å². The van der Waals surface area contributed by atoms with Gasteiger partial charge in [0.25, 0.3) is 0 Å². The maximum absolute atomic E-state index is 12.3. The monoisotopic (exact) mass is 348 g/mol. The van der Waals surface area contributed by atoms with Crippen molar-refractivity contribution in [1.29, 1.82) is 0 Å². The summed E-state index contributed by atoms with van der Waals surface area (Å²) in [7, 11) is 0. The highest BCUT2D eigenvalue weighted by atomic mass is 79.9. The number of aromatic nitrogens is 2. The molecule has 1 aliphatic heterocycles. The van der Waals surface area contributed by atoms with Gasteiger partial charge < -0.3 is 14.8 Å². The van der Waals surface area contributed by atoms with E-state index in [0.717, 1.165) is 41.9 Å². The van der Waals surface area contributed by atoms with Gasteiger partial charge in [-0.1, -0.05) is 28.1 Å². The number of rotatable bonds is 3. The molecule has 0 unspecified atom stereocenters. The molecule has 0 bridgehead atoms. The van der Waals surface area contributed by atoms with Gasteiger partial charge in [-0.05, 0) is 17.7 Å². The molecule has 21 heavy (non-hydrogen) atoms. The number of amides is 1. The molecule has 5 nitrogen and oxygen atoms in total. The molecule has 2 heterocycles. The van der Waals surface area contributed by atoms with Crippen LogP contribution in [0.5, 0.6) is 0 Å². The molecule has 1 amide bonds. The summed E-state index contributed by atoms with van der Waals surface area (Å²) in [5.74, 6) is 0.146. The molecule has 1 aromatic carbocycles. The predicted molar refractivity (Wildman–Crippen MR) is 84.8 cm³/mol. The first kappa shape index (κ1) is 14.3. The van der Waals surface area contributed by atoms with Crippen LogP contribution in [-0.4, -0.2) is 46.5 Å². The first-order valence-corrected chi connectivity index (χ1v) is 7.78. The highest BCUT2D eigenvalue weighted by Crippen LogP contribution is 2.21. The minimum Gasteiger partial charge on any atom is -0.339 e. The van der Waals surface area contributed by atoms with Gasteiger partial charge >= 0.3 is 0 Å². The molecule has 2 aromatic rings. The highest BCUT2D eigenvalue weighted by Gasteiger charge is 2.17. The number of halogens is 1. The van der Waals surface area contributed by atoms with Crippen LogP contribution >= 0.6 is 15.9 Å². The smallest absolute Gasteiger partial charge is 0.242 e. The topological polar surface area (TPSA) is 50.2 Å². The van der Waals surface area contributed by atoms with Crippen LogP contribution in [-0.2, 0) is 11.3 Å². The Balaban J connectivity index is 1.76. The second-order valence-corrected chi connectivity index (χ2v) is 5.96. The number of nitrogens with one attached hydrogen (secondary N) is 1. The predicted octanol–water partition coefficient (Wildman–Crippen LogP) is 1.74. The van der Waals surface area contributed by atoms with E-state index in [0.29, 0.717) is 6.54 Å². The lowest BCUT2D eigenvalue weighted by Crippen LogP contribution is -2.47. The second kappa shape index (κ2) is 6.41. The van der Waals surface area contributed by atoms with Gasteiger partial charge in [0.1, 0.15) is 6.54 Å². The van der Waals surface area contributed by atoms with Crippen LogP contribution in [0.15, 0.2) is 41.3 Å². The summed E-state index contributed by atoms with van der Waals surface area (Å²) in [6.45, 7) is 3.64. The maximum atomic E-state index is 12.3. The molecule has 1 fully saturated rings. The summed E-state index contributed by atoms with van der Waals surface area (Å²) in [4.78, 5) is 18.4. The lowest BCUT2D eigenvalue weighted by Gasteiger charge is -2.27. The molecular formula is C15H17BrN4O. The number of hydrogen-bond donors (Lipinski definition) is 1. The van der Waals surface area contributed by atoms with Gasteiger partial charge in [0.2, 0.25) is 5.91 Å². The largest absolute Gasteiger partial charge is 0.339 e. The molecule has 0 aliphatic carbocycles. The second-order valence-electron chi connectivity index (χ2n) is 5.04. The van der Waals surface area contributed by atoms with Crippen molar-refractivity contribution in [3.05, 3.63) is 41.3 Å². The Morgan fingerprint density at radius 3 is 2.67 bits per heavy atom. The first-order chi connectivity index (χ1) is 10.2. The van der Waals surface area contributed by atoms with Crippen molar-refractivity contribution in [2.24, 2.45) is 0 Å². The molecular weight excluding hydrogens is 332 g/mol. The Kier molecular flexibility index (Phi) is 4.36. The zero-order chi connectivity index (χ0) is 14.7. The standard InChI is InChI=1S/C15H17BrN4O/c16-13-3-1-12(2-4-13)14-9-18-11-20(14)10-15(21)19-7-5-17-6-8-19/h1-4,9,11,17H,5-8,10H2. The number of piperazine rings is 1. The third kappa shape index (κ3) is 3.33. The fourth-order valence-corrected chi connectivity index (χ4v) is 2.73. The Bertz CT molecular complexity index is 617. The minimum atomic E-state index is 0.146. The van der Waals surface area contributed by atoms with Crippen LogP contribution < -0.4 is 5.32 Å². The average Bonchev–Trinajstić information content (AvgIpc) is 2.97. The molecule has 1 aliphatic rings. The normalized spacial score (nSPS) is 15.2. The fraction of sp³-hybridized carbons (Fsp3) is 0.333. The van der Waals surface area contributed by atoms with Gasteiger partial charge in [0, 0.05) is 30.7 Å². The minimum absolute atomic E-state index is 0.146. The van der Waals surface area contributed by atoms with Crippen molar-refractivity contribution in [3.8, 4) is 11.3 Å². The fourth-order valence-electron chi connectivity index (χ4n) is 2.47. The van der Waals surface area contributed by atoms with Crippen molar-refractivity contribution >= 4 is 21.8 Å². The van der Waals surface area contributed by atoms with E-state index in [1.165, 1.54) is 0 Å². The molecule has 1 N–H and O–H groups in total. The van der Waals surface area contributed by atoms with Crippen molar-refractivity contribution in [1.82, 2.24) is 19.8 Å². The SMILES string of the molecule is O=C(Cn1cncc1-c1ccc(Br)cc1)N1CCNCC1. The van der Waals surface area contributed by atoms with Gasteiger partial charge in [-0.15, -0.1) is 0 Å². The van der Waals surface area contributed by atoms with Gasteiger partial charge in [-0.3, -0.25) is 4.79 Å². The number of hydrogen-bond acceptors (Lipinski definition) is 3. The molecule has 0 spiro atoms. The number of nitrogens with zero attached hydrogens (tertiary/aromatic N) is 3. The Morgan fingerprint density at radius 2 is 1.95 bits per heavy atom. The van der Waals surface area contributed by atoms with Gasteiger partial charge in [-0.25, -0.2) is 4.98 Å². The van der Waals surface area contributed by atoms with Crippen LogP contribution in [0.4, 0.5) is 0 Å². The van der Waals surface area contributed by atoms with Crippen LogP contribution in [0.2, 0.25) is 0 Å². The van der Waals surface area contributed by atoms with E-state index in [2.05, 4.69) is 26.2 Å². The summed E-state index contributed by atoms with van der Waals surface area (Å²) >= 11 is 3.43. The zero-order valence-corrected chi connectivity index (χ0v) is 13.2. The van der Waals surface area contributed by atoms with Crippen LogP contribution in [0.1, 0.15) is 0 Å². The summed E-state index contributed by atoms with van der Waals surface area (Å²) in [6.07, 6.45) is 3.52.